The van der Waals surface area contributed by atoms with E-state index in [9.17, 15) is 18.0 Å². The van der Waals surface area contributed by atoms with Crippen LogP contribution in [0.3, 0.4) is 0 Å². The third-order valence-electron chi connectivity index (χ3n) is 4.90. The van der Waals surface area contributed by atoms with Gasteiger partial charge in [0, 0.05) is 42.9 Å². The molecule has 0 radical (unpaired) electrons. The van der Waals surface area contributed by atoms with Crippen molar-refractivity contribution in [3.8, 4) is 0 Å². The van der Waals surface area contributed by atoms with Gasteiger partial charge in [-0.3, -0.25) is 4.79 Å². The van der Waals surface area contributed by atoms with Crippen molar-refractivity contribution in [3.05, 3.63) is 58.0 Å². The molecule has 2 aliphatic heterocycles. The predicted octanol–water partition coefficient (Wildman–Crippen LogP) is 2.38. The molecule has 0 spiro atoms. The van der Waals surface area contributed by atoms with Crippen LogP contribution in [0.25, 0.3) is 0 Å². The lowest BCUT2D eigenvalue weighted by Crippen LogP contribution is -2.40. The molecule has 31 heavy (non-hydrogen) atoms. The maximum atomic E-state index is 13.1. The Morgan fingerprint density at radius 2 is 2.10 bits per heavy atom. The second-order valence-corrected chi connectivity index (χ2v) is 7.42. The van der Waals surface area contributed by atoms with Crippen molar-refractivity contribution >= 4 is 40.9 Å². The number of aromatic nitrogens is 2. The summed E-state index contributed by atoms with van der Waals surface area (Å²) in [5, 5.41) is 3.03. The predicted molar refractivity (Wildman–Crippen MR) is 112 cm³/mol. The van der Waals surface area contributed by atoms with Gasteiger partial charge in [0.25, 0.3) is 6.21 Å². The largest absolute Gasteiger partial charge is 0.416 e. The monoisotopic (exact) mass is 449 g/mol. The van der Waals surface area contributed by atoms with Gasteiger partial charge in [-0.15, -0.1) is 0 Å². The average molecular weight is 450 g/mol. The number of carbonyl (C=O) groups excluding carboxylic acids is 1. The standard InChI is InChI=1S/C20H17ClF3N6O/c21-19-28-15-3-5-30(18(31)16-2-1-4-26-16)10-14(15)17(29-19)27-9-11-6-12(20(22,23)24)8-13(25)7-11/h1-2,4,6-8H,3,5,9-10,25H2,(H,27,28,29)/q+1. The first-order chi connectivity index (χ1) is 14.7. The van der Waals surface area contributed by atoms with Crippen molar-refractivity contribution in [2.75, 3.05) is 17.6 Å². The Hall–Kier alpha value is -3.36. The topological polar surface area (TPSA) is 98.2 Å². The highest BCUT2D eigenvalue weighted by atomic mass is 35.5. The first kappa shape index (κ1) is 20.9. The first-order valence-electron chi connectivity index (χ1n) is 9.33. The highest BCUT2D eigenvalue weighted by molar-refractivity contribution is 6.44. The average Bonchev–Trinajstić information content (AvgIpc) is 3.25. The molecule has 160 valence electrons. The fraction of sp³-hybridized carbons (Fsp3) is 0.250. The fourth-order valence-corrected chi connectivity index (χ4v) is 3.65. The summed E-state index contributed by atoms with van der Waals surface area (Å²) >= 11 is 6.03. The highest BCUT2D eigenvalue weighted by Gasteiger charge is 2.32. The van der Waals surface area contributed by atoms with E-state index < -0.39 is 11.7 Å². The summed E-state index contributed by atoms with van der Waals surface area (Å²) in [4.78, 5) is 22.7. The molecule has 1 amide bonds. The first-order valence-corrected chi connectivity index (χ1v) is 9.71. The second-order valence-electron chi connectivity index (χ2n) is 7.08. The summed E-state index contributed by atoms with van der Waals surface area (Å²) in [7, 11) is 0. The van der Waals surface area contributed by atoms with Gasteiger partial charge in [0.15, 0.2) is 0 Å². The number of amides is 1. The number of hydrogen-bond acceptors (Lipinski definition) is 5. The molecule has 0 saturated carbocycles. The van der Waals surface area contributed by atoms with Crippen LogP contribution in [0.1, 0.15) is 22.4 Å². The molecule has 0 unspecified atom stereocenters. The minimum atomic E-state index is -4.50. The van der Waals surface area contributed by atoms with Crippen molar-refractivity contribution in [1.29, 1.82) is 0 Å². The molecule has 1 aromatic carbocycles. The Balaban J connectivity index is 1.57. The third kappa shape index (κ3) is 4.55. The molecule has 2 aromatic rings. The van der Waals surface area contributed by atoms with Gasteiger partial charge in [-0.1, -0.05) is 4.67 Å². The molecule has 7 nitrogen and oxygen atoms in total. The normalized spacial score (nSPS) is 15.1. The molecular weight excluding hydrogens is 433 g/mol. The zero-order valence-corrected chi connectivity index (χ0v) is 16.8. The molecule has 3 N–H and O–H groups in total. The van der Waals surface area contributed by atoms with Crippen LogP contribution in [0.4, 0.5) is 24.7 Å². The summed E-state index contributed by atoms with van der Waals surface area (Å²) in [5.74, 6) is 0.140. The Bertz CT molecular complexity index is 1150. The zero-order valence-electron chi connectivity index (χ0n) is 16.1. The van der Waals surface area contributed by atoms with Crippen molar-refractivity contribution < 1.29 is 18.0 Å². The summed E-state index contributed by atoms with van der Waals surface area (Å²) in [6, 6.07) is 3.36. The van der Waals surface area contributed by atoms with E-state index in [1.165, 1.54) is 6.07 Å². The van der Waals surface area contributed by atoms with Gasteiger partial charge >= 0.3 is 17.8 Å². The van der Waals surface area contributed by atoms with Crippen LogP contribution in [-0.2, 0) is 30.5 Å². The summed E-state index contributed by atoms with van der Waals surface area (Å²) in [6.07, 6.45) is 0.823. The van der Waals surface area contributed by atoms with E-state index in [-0.39, 0.29) is 30.0 Å². The molecule has 4 rings (SSSR count). The Kier molecular flexibility index (Phi) is 5.43. The Morgan fingerprint density at radius 3 is 2.81 bits per heavy atom. The van der Waals surface area contributed by atoms with Crippen LogP contribution in [0.15, 0.2) is 30.4 Å². The number of anilines is 2. The van der Waals surface area contributed by atoms with Crippen LogP contribution in [0.2, 0.25) is 5.28 Å². The number of rotatable bonds is 4. The quantitative estimate of drug-likeness (QED) is 0.424. The number of halogens is 4. The lowest BCUT2D eigenvalue weighted by Gasteiger charge is -2.28. The van der Waals surface area contributed by atoms with Gasteiger partial charge in [-0.25, -0.2) is 9.97 Å². The van der Waals surface area contributed by atoms with Crippen LogP contribution in [0.5, 0.6) is 0 Å². The minimum absolute atomic E-state index is 0.00773. The molecule has 0 atom stereocenters. The van der Waals surface area contributed by atoms with E-state index in [0.29, 0.717) is 41.3 Å². The maximum absolute atomic E-state index is 13.1. The number of nitrogens with two attached hydrogens (primary N) is 1. The van der Waals surface area contributed by atoms with E-state index in [1.54, 1.807) is 23.3 Å². The van der Waals surface area contributed by atoms with E-state index in [0.717, 1.165) is 12.1 Å². The number of nitrogen functional groups attached to an aromatic ring is 1. The number of carbonyl (C=O) groups is 1. The maximum Gasteiger partial charge on any atom is 0.416 e. The SMILES string of the molecule is Nc1cc(CNc2nc(Cl)nc3c2CN(C(=O)C2=[N+]=CC=C2)CC3)cc(C(F)(F)F)c1. The molecule has 3 heterocycles. The van der Waals surface area contributed by atoms with Crippen molar-refractivity contribution in [3.63, 3.8) is 0 Å². The molecule has 0 fully saturated rings. The van der Waals surface area contributed by atoms with E-state index in [2.05, 4.69) is 20.0 Å². The second kappa shape index (κ2) is 8.05. The highest BCUT2D eigenvalue weighted by Crippen LogP contribution is 2.32. The molecule has 0 aliphatic carbocycles. The van der Waals surface area contributed by atoms with Crippen molar-refractivity contribution in [2.24, 2.45) is 0 Å². The fourth-order valence-electron chi connectivity index (χ4n) is 3.46. The van der Waals surface area contributed by atoms with Gasteiger partial charge in [0.05, 0.1) is 17.8 Å². The van der Waals surface area contributed by atoms with Crippen molar-refractivity contribution in [1.82, 2.24) is 19.5 Å². The van der Waals surface area contributed by atoms with Gasteiger partial charge in [-0.2, -0.15) is 13.2 Å². The number of nitrogens with one attached hydrogen (secondary N) is 1. The zero-order chi connectivity index (χ0) is 22.2. The van der Waals surface area contributed by atoms with E-state index in [1.807, 2.05) is 0 Å². The lowest BCUT2D eigenvalue weighted by atomic mass is 10.0. The number of nitrogens with zero attached hydrogens (tertiary/aromatic N) is 4. The van der Waals surface area contributed by atoms with Gasteiger partial charge < -0.3 is 16.0 Å². The molecule has 0 bridgehead atoms. The van der Waals surface area contributed by atoms with Crippen LogP contribution < -0.4 is 15.7 Å². The number of fused-ring (bicyclic) bond motifs is 1. The molecule has 2 aliphatic rings. The van der Waals surface area contributed by atoms with E-state index in [4.69, 9.17) is 17.3 Å². The number of allylic oxidation sites excluding steroid dienone is 1. The summed E-state index contributed by atoms with van der Waals surface area (Å²) < 4.78 is 43.2. The van der Waals surface area contributed by atoms with Gasteiger partial charge in [-0.05, 0) is 35.4 Å². The molecular formula is C20H17ClF3N6O+. The Labute approximate surface area is 180 Å². The molecule has 11 heteroatoms. The number of hydrogen-bond donors (Lipinski definition) is 2. The molecule has 1 aromatic heterocycles. The smallest absolute Gasteiger partial charge is 0.399 e. The van der Waals surface area contributed by atoms with Gasteiger partial charge in [0.2, 0.25) is 5.28 Å². The summed E-state index contributed by atoms with van der Waals surface area (Å²) in [5.41, 5.74) is 6.84. The number of alkyl halides is 3. The number of benzene rings is 1. The van der Waals surface area contributed by atoms with E-state index >= 15 is 0 Å². The third-order valence-corrected chi connectivity index (χ3v) is 5.06. The van der Waals surface area contributed by atoms with Crippen LogP contribution >= 0.6 is 11.6 Å². The molecule has 0 saturated heterocycles. The van der Waals surface area contributed by atoms with Crippen LogP contribution in [-0.4, -0.2) is 39.2 Å². The summed E-state index contributed by atoms with van der Waals surface area (Å²) in [6.45, 7) is 0.702. The minimum Gasteiger partial charge on any atom is -0.399 e. The van der Waals surface area contributed by atoms with Crippen molar-refractivity contribution in [2.45, 2.75) is 25.7 Å². The van der Waals surface area contributed by atoms with Crippen LogP contribution in [0, 0.1) is 0 Å². The lowest BCUT2D eigenvalue weighted by molar-refractivity contribution is -0.137. The Morgan fingerprint density at radius 1 is 1.29 bits per heavy atom. The van der Waals surface area contributed by atoms with Gasteiger partial charge in [0.1, 0.15) is 5.82 Å².